The molecular weight excluding hydrogens is 418 g/mol. The Kier molecular flexibility index (Phi) is 6.92. The van der Waals surface area contributed by atoms with Gasteiger partial charge in [-0.1, -0.05) is 25.1 Å². The molecule has 0 spiro atoms. The highest BCUT2D eigenvalue weighted by Gasteiger charge is 2.22. The number of thiocarbonyl (C=S) groups is 1. The van der Waals surface area contributed by atoms with Gasteiger partial charge in [0.05, 0.1) is 12.6 Å². The van der Waals surface area contributed by atoms with Crippen molar-refractivity contribution in [2.24, 2.45) is 0 Å². The van der Waals surface area contributed by atoms with Crippen molar-refractivity contribution < 1.29 is 4.74 Å². The molecule has 5 nitrogen and oxygen atoms in total. The van der Waals surface area contributed by atoms with E-state index in [1.54, 1.807) is 0 Å². The average Bonchev–Trinajstić information content (AvgIpc) is 3.29. The van der Waals surface area contributed by atoms with Gasteiger partial charge in [-0.2, -0.15) is 0 Å². The van der Waals surface area contributed by atoms with Crippen LogP contribution in [0, 0.1) is 13.8 Å². The quantitative estimate of drug-likeness (QED) is 0.514. The molecule has 0 bridgehead atoms. The van der Waals surface area contributed by atoms with Gasteiger partial charge in [0.1, 0.15) is 0 Å². The van der Waals surface area contributed by atoms with E-state index >= 15 is 0 Å². The predicted molar refractivity (Wildman–Crippen MR) is 135 cm³/mol. The van der Waals surface area contributed by atoms with E-state index in [4.69, 9.17) is 17.0 Å². The van der Waals surface area contributed by atoms with Gasteiger partial charge in [0.2, 0.25) is 0 Å². The van der Waals surface area contributed by atoms with E-state index in [9.17, 15) is 4.79 Å². The molecule has 2 aromatic carbocycles. The van der Waals surface area contributed by atoms with Gasteiger partial charge in [0.15, 0.2) is 5.11 Å². The van der Waals surface area contributed by atoms with Crippen LogP contribution in [0.25, 0.3) is 10.9 Å². The molecule has 1 aromatic heterocycles. The zero-order chi connectivity index (χ0) is 22.7. The third-order valence-corrected chi connectivity index (χ3v) is 6.63. The first kappa shape index (κ1) is 22.5. The molecule has 2 N–H and O–H groups in total. The van der Waals surface area contributed by atoms with E-state index < -0.39 is 0 Å². The number of pyridine rings is 1. The second-order valence-electron chi connectivity index (χ2n) is 8.60. The van der Waals surface area contributed by atoms with Crippen molar-refractivity contribution >= 4 is 33.9 Å². The van der Waals surface area contributed by atoms with Gasteiger partial charge in [0.25, 0.3) is 5.56 Å². The molecule has 4 rings (SSSR count). The first-order chi connectivity index (χ1) is 15.4. The normalized spacial score (nSPS) is 15.8. The number of nitrogens with one attached hydrogen (secondary N) is 2. The summed E-state index contributed by atoms with van der Waals surface area (Å²) in [5, 5.41) is 5.07. The SMILES string of the molecule is CCc1ccccc1NC(=S)N(Cc1cc2cc(C)c(C)cc2[nH]c1=O)C[C@@H]1CCCO1. The van der Waals surface area contributed by atoms with Crippen LogP contribution in [-0.4, -0.2) is 34.3 Å². The van der Waals surface area contributed by atoms with Crippen LogP contribution in [0.1, 0.15) is 42.0 Å². The van der Waals surface area contributed by atoms with Crippen molar-refractivity contribution in [2.75, 3.05) is 18.5 Å². The number of para-hydroxylation sites is 1. The van der Waals surface area contributed by atoms with Crippen molar-refractivity contribution in [1.82, 2.24) is 9.88 Å². The molecule has 1 aliphatic rings. The Morgan fingerprint density at radius 2 is 1.97 bits per heavy atom. The van der Waals surface area contributed by atoms with Crippen LogP contribution in [0.2, 0.25) is 0 Å². The van der Waals surface area contributed by atoms with E-state index in [1.807, 2.05) is 30.3 Å². The Hall–Kier alpha value is -2.70. The van der Waals surface area contributed by atoms with E-state index in [0.717, 1.165) is 42.5 Å². The molecule has 1 atom stereocenters. The summed E-state index contributed by atoms with van der Waals surface area (Å²) in [5.74, 6) is 0. The van der Waals surface area contributed by atoms with E-state index in [-0.39, 0.29) is 11.7 Å². The zero-order valence-electron chi connectivity index (χ0n) is 19.0. The van der Waals surface area contributed by atoms with Gasteiger partial charge in [-0.05, 0) is 91.7 Å². The molecule has 1 aliphatic heterocycles. The van der Waals surface area contributed by atoms with Crippen LogP contribution in [0.15, 0.2) is 47.3 Å². The lowest BCUT2D eigenvalue weighted by Crippen LogP contribution is -2.40. The first-order valence-electron chi connectivity index (χ1n) is 11.3. The molecule has 0 amide bonds. The maximum atomic E-state index is 12.9. The number of nitrogens with zero attached hydrogens (tertiary/aromatic N) is 1. The largest absolute Gasteiger partial charge is 0.376 e. The number of aromatic nitrogens is 1. The molecule has 32 heavy (non-hydrogen) atoms. The molecule has 1 fully saturated rings. The molecule has 0 saturated carbocycles. The minimum absolute atomic E-state index is 0.0742. The lowest BCUT2D eigenvalue weighted by atomic mass is 10.0. The third kappa shape index (κ3) is 5.03. The summed E-state index contributed by atoms with van der Waals surface area (Å²) in [6.07, 6.45) is 3.12. The highest BCUT2D eigenvalue weighted by Crippen LogP contribution is 2.21. The van der Waals surface area contributed by atoms with Crippen molar-refractivity contribution in [3.63, 3.8) is 0 Å². The maximum absolute atomic E-state index is 12.9. The smallest absolute Gasteiger partial charge is 0.253 e. The van der Waals surface area contributed by atoms with Crippen LogP contribution < -0.4 is 10.9 Å². The van der Waals surface area contributed by atoms with E-state index in [2.05, 4.69) is 48.1 Å². The number of ether oxygens (including phenoxy) is 1. The van der Waals surface area contributed by atoms with Crippen molar-refractivity contribution in [2.45, 2.75) is 52.7 Å². The van der Waals surface area contributed by atoms with Gasteiger partial charge in [-0.3, -0.25) is 4.79 Å². The molecule has 6 heteroatoms. The van der Waals surface area contributed by atoms with Crippen molar-refractivity contribution in [3.8, 4) is 0 Å². The Balaban J connectivity index is 1.63. The molecule has 0 radical (unpaired) electrons. The lowest BCUT2D eigenvalue weighted by molar-refractivity contribution is 0.0904. The van der Waals surface area contributed by atoms with Gasteiger partial charge >= 0.3 is 0 Å². The highest BCUT2D eigenvalue weighted by molar-refractivity contribution is 7.80. The second-order valence-corrected chi connectivity index (χ2v) is 8.99. The number of H-pyrrole nitrogens is 1. The summed E-state index contributed by atoms with van der Waals surface area (Å²) in [6, 6.07) is 14.3. The predicted octanol–water partition coefficient (Wildman–Crippen LogP) is 5.09. The van der Waals surface area contributed by atoms with Crippen LogP contribution in [0.3, 0.4) is 0 Å². The summed E-state index contributed by atoms with van der Waals surface area (Å²) < 4.78 is 5.88. The lowest BCUT2D eigenvalue weighted by Gasteiger charge is -2.28. The molecule has 1 saturated heterocycles. The number of hydrogen-bond acceptors (Lipinski definition) is 3. The van der Waals surface area contributed by atoms with Gasteiger partial charge < -0.3 is 19.9 Å². The van der Waals surface area contributed by atoms with Gasteiger partial charge in [-0.25, -0.2) is 0 Å². The number of anilines is 1. The minimum Gasteiger partial charge on any atom is -0.376 e. The van der Waals surface area contributed by atoms with Crippen molar-refractivity contribution in [1.29, 1.82) is 0 Å². The second kappa shape index (κ2) is 9.84. The summed E-state index contributed by atoms with van der Waals surface area (Å²) in [6.45, 7) is 8.15. The number of aromatic amines is 1. The van der Waals surface area contributed by atoms with Crippen LogP contribution >= 0.6 is 12.2 Å². The van der Waals surface area contributed by atoms with Gasteiger partial charge in [-0.15, -0.1) is 0 Å². The average molecular weight is 450 g/mol. The summed E-state index contributed by atoms with van der Waals surface area (Å²) in [7, 11) is 0. The Morgan fingerprint density at radius 3 is 2.72 bits per heavy atom. The Labute approximate surface area is 194 Å². The number of hydrogen-bond donors (Lipinski definition) is 2. The standard InChI is InChI=1S/C26H31N3O2S/c1-4-19-8-5-6-10-23(19)28-26(32)29(16-22-9-7-11-31-22)15-21-14-20-12-17(2)18(3)13-24(20)27-25(21)30/h5-6,8,10,12-14,22H,4,7,9,11,15-16H2,1-3H3,(H,27,30)(H,28,32)/t22-/m0/s1. The van der Waals surface area contributed by atoms with E-state index in [0.29, 0.717) is 23.8 Å². The minimum atomic E-state index is -0.0742. The van der Waals surface area contributed by atoms with Gasteiger partial charge in [0, 0.05) is 29.9 Å². The van der Waals surface area contributed by atoms with Crippen LogP contribution in [0.5, 0.6) is 0 Å². The molecule has 2 heterocycles. The summed E-state index contributed by atoms with van der Waals surface area (Å²) in [5.41, 5.74) is 6.09. The van der Waals surface area contributed by atoms with Crippen LogP contribution in [-0.2, 0) is 17.7 Å². The number of benzene rings is 2. The first-order valence-corrected chi connectivity index (χ1v) is 11.7. The number of aryl methyl sites for hydroxylation is 3. The monoisotopic (exact) mass is 449 g/mol. The van der Waals surface area contributed by atoms with Crippen molar-refractivity contribution in [3.05, 3.63) is 75.1 Å². The molecule has 0 unspecified atom stereocenters. The number of rotatable bonds is 6. The molecule has 0 aliphatic carbocycles. The zero-order valence-corrected chi connectivity index (χ0v) is 19.8. The fourth-order valence-corrected chi connectivity index (χ4v) is 4.49. The third-order valence-electron chi connectivity index (χ3n) is 6.27. The maximum Gasteiger partial charge on any atom is 0.253 e. The highest BCUT2D eigenvalue weighted by atomic mass is 32.1. The Bertz CT molecular complexity index is 1180. The summed E-state index contributed by atoms with van der Waals surface area (Å²) >= 11 is 5.82. The fourth-order valence-electron chi connectivity index (χ4n) is 4.24. The van der Waals surface area contributed by atoms with E-state index in [1.165, 1.54) is 16.7 Å². The van der Waals surface area contributed by atoms with Crippen LogP contribution in [0.4, 0.5) is 5.69 Å². The topological polar surface area (TPSA) is 57.4 Å². The molecular formula is C26H31N3O2S. The molecule has 3 aromatic rings. The Morgan fingerprint density at radius 1 is 1.19 bits per heavy atom. The summed E-state index contributed by atoms with van der Waals surface area (Å²) in [4.78, 5) is 18.0. The fraction of sp³-hybridized carbons (Fsp3) is 0.385. The molecule has 168 valence electrons. The number of fused-ring (bicyclic) bond motifs is 1.